The van der Waals surface area contributed by atoms with Gasteiger partial charge in [-0.1, -0.05) is 24.4 Å². The lowest BCUT2D eigenvalue weighted by molar-refractivity contribution is 0.305. The number of nitrogens with zero attached hydrogens (tertiary/aromatic N) is 6. The molecule has 0 spiro atoms. The minimum Gasteiger partial charge on any atom is -0.408 e. The number of rotatable bonds is 5. The Balaban J connectivity index is 1.51. The molecule has 0 aromatic carbocycles. The van der Waals surface area contributed by atoms with Crippen LogP contribution in [-0.4, -0.2) is 30.4 Å². The lowest BCUT2D eigenvalue weighted by Crippen LogP contribution is -2.24. The zero-order valence-electron chi connectivity index (χ0n) is 14.1. The molecule has 1 aliphatic rings. The Hall–Kier alpha value is -1.99. The van der Waals surface area contributed by atoms with E-state index in [1.807, 2.05) is 20.8 Å². The summed E-state index contributed by atoms with van der Waals surface area (Å²) in [6.07, 6.45) is 7.41. The van der Waals surface area contributed by atoms with Crippen LogP contribution in [0.25, 0.3) is 0 Å². The van der Waals surface area contributed by atoms with Crippen LogP contribution in [0.2, 0.25) is 0 Å². The van der Waals surface area contributed by atoms with Gasteiger partial charge in [0.15, 0.2) is 5.82 Å². The lowest BCUT2D eigenvalue weighted by Gasteiger charge is -2.19. The molecule has 2 aromatic heterocycles. The highest BCUT2D eigenvalue weighted by atomic mass is 16.4. The molecule has 0 saturated heterocycles. The maximum atomic E-state index is 5.67. The van der Waals surface area contributed by atoms with Crippen molar-refractivity contribution in [1.29, 1.82) is 0 Å². The van der Waals surface area contributed by atoms with E-state index in [0.717, 1.165) is 6.42 Å². The predicted octanol–water partition coefficient (Wildman–Crippen LogP) is 2.55. The molecule has 3 rings (SSSR count). The summed E-state index contributed by atoms with van der Waals surface area (Å²) in [5, 5.41) is 23.7. The number of hydrogen-bond acceptors (Lipinski definition) is 7. The summed E-state index contributed by atoms with van der Waals surface area (Å²) in [6.45, 7) is 6.51. The minimum absolute atomic E-state index is 0.178. The van der Waals surface area contributed by atoms with Crippen LogP contribution in [0.5, 0.6) is 0 Å². The molecule has 1 aliphatic carbocycles. The highest BCUT2D eigenvalue weighted by Gasteiger charge is 2.19. The number of aromatic nitrogens is 6. The van der Waals surface area contributed by atoms with E-state index in [1.165, 1.54) is 32.1 Å². The summed E-state index contributed by atoms with van der Waals surface area (Å²) in [6, 6.07) is 0.419. The maximum Gasteiger partial charge on any atom is 0.315 e. The van der Waals surface area contributed by atoms with Crippen molar-refractivity contribution in [2.75, 3.05) is 5.32 Å². The largest absolute Gasteiger partial charge is 0.408 e. The summed E-state index contributed by atoms with van der Waals surface area (Å²) in [7, 11) is 0. The molecular formula is C15H25N7O. The van der Waals surface area contributed by atoms with Crippen LogP contribution in [0.15, 0.2) is 4.42 Å². The van der Waals surface area contributed by atoms with E-state index in [4.69, 9.17) is 4.42 Å². The van der Waals surface area contributed by atoms with Crippen LogP contribution in [0.1, 0.15) is 64.6 Å². The number of nitrogens with one attached hydrogen (secondary N) is 1. The Morgan fingerprint density at radius 2 is 1.91 bits per heavy atom. The molecule has 126 valence electrons. The summed E-state index contributed by atoms with van der Waals surface area (Å²) in [5.74, 6) is 2.00. The molecule has 0 aliphatic heterocycles. The van der Waals surface area contributed by atoms with E-state index in [1.54, 1.807) is 4.80 Å². The predicted molar refractivity (Wildman–Crippen MR) is 84.7 cm³/mol. The molecule has 23 heavy (non-hydrogen) atoms. The number of anilines is 1. The van der Waals surface area contributed by atoms with Crippen molar-refractivity contribution >= 4 is 6.01 Å². The SMILES string of the molecule is CC(C)(C)n1nnc(CNc2nnc(CC3CCCCC3)o2)n1. The van der Waals surface area contributed by atoms with Crippen LogP contribution < -0.4 is 5.32 Å². The Bertz CT molecular complexity index is 622. The van der Waals surface area contributed by atoms with E-state index in [9.17, 15) is 0 Å². The smallest absolute Gasteiger partial charge is 0.315 e. The van der Waals surface area contributed by atoms with Crippen molar-refractivity contribution < 1.29 is 4.42 Å². The van der Waals surface area contributed by atoms with Gasteiger partial charge in [-0.25, -0.2) is 0 Å². The van der Waals surface area contributed by atoms with Gasteiger partial charge in [-0.2, -0.15) is 4.80 Å². The maximum absolute atomic E-state index is 5.67. The molecule has 1 fully saturated rings. The average molecular weight is 319 g/mol. The fourth-order valence-electron chi connectivity index (χ4n) is 2.80. The fourth-order valence-corrected chi connectivity index (χ4v) is 2.80. The molecule has 0 amide bonds. The second-order valence-corrected chi connectivity index (χ2v) is 7.23. The second kappa shape index (κ2) is 6.64. The summed E-state index contributed by atoms with van der Waals surface area (Å²) < 4.78 is 5.67. The third-order valence-corrected chi connectivity index (χ3v) is 4.11. The first kappa shape index (κ1) is 15.9. The van der Waals surface area contributed by atoms with Gasteiger partial charge in [-0.3, -0.25) is 0 Å². The van der Waals surface area contributed by atoms with E-state index >= 15 is 0 Å². The van der Waals surface area contributed by atoms with Crippen molar-refractivity contribution in [3.05, 3.63) is 11.7 Å². The van der Waals surface area contributed by atoms with Gasteiger partial charge in [0, 0.05) is 6.42 Å². The summed E-state index contributed by atoms with van der Waals surface area (Å²) in [5.41, 5.74) is -0.178. The number of tetrazole rings is 1. The molecule has 8 heteroatoms. The van der Waals surface area contributed by atoms with Crippen molar-refractivity contribution in [3.63, 3.8) is 0 Å². The van der Waals surface area contributed by atoms with E-state index in [-0.39, 0.29) is 5.54 Å². The van der Waals surface area contributed by atoms with Gasteiger partial charge in [-0.15, -0.1) is 15.3 Å². The molecule has 0 bridgehead atoms. The Kier molecular flexibility index (Phi) is 4.58. The zero-order chi connectivity index (χ0) is 16.3. The van der Waals surface area contributed by atoms with E-state index in [0.29, 0.717) is 30.2 Å². The van der Waals surface area contributed by atoms with Gasteiger partial charge >= 0.3 is 6.01 Å². The lowest BCUT2D eigenvalue weighted by atomic mass is 9.87. The first-order valence-electron chi connectivity index (χ1n) is 8.36. The van der Waals surface area contributed by atoms with Gasteiger partial charge in [0.25, 0.3) is 0 Å². The first-order chi connectivity index (χ1) is 11.0. The standard InChI is InChI=1S/C15H25N7O/c1-15(2,3)22-20-12(17-21-22)10-16-14-19-18-13(23-14)9-11-7-5-4-6-8-11/h11H,4-10H2,1-3H3,(H,16,19). The van der Waals surface area contributed by atoms with E-state index < -0.39 is 0 Å². The molecular weight excluding hydrogens is 294 g/mol. The highest BCUT2D eigenvalue weighted by molar-refractivity contribution is 5.17. The summed E-state index contributed by atoms with van der Waals surface area (Å²) in [4.78, 5) is 1.60. The van der Waals surface area contributed by atoms with Gasteiger partial charge in [0.1, 0.15) is 0 Å². The summed E-state index contributed by atoms with van der Waals surface area (Å²) >= 11 is 0. The van der Waals surface area contributed by atoms with Crippen LogP contribution in [0, 0.1) is 5.92 Å². The zero-order valence-corrected chi connectivity index (χ0v) is 14.1. The normalized spacial score (nSPS) is 16.7. The highest BCUT2D eigenvalue weighted by Crippen LogP contribution is 2.26. The van der Waals surface area contributed by atoms with Gasteiger partial charge < -0.3 is 9.73 Å². The van der Waals surface area contributed by atoms with Gasteiger partial charge in [-0.05, 0) is 44.7 Å². The second-order valence-electron chi connectivity index (χ2n) is 7.23. The van der Waals surface area contributed by atoms with Gasteiger partial charge in [0.05, 0.1) is 12.1 Å². The molecule has 0 radical (unpaired) electrons. The Labute approximate surface area is 136 Å². The van der Waals surface area contributed by atoms with Crippen LogP contribution in [0.4, 0.5) is 6.01 Å². The first-order valence-corrected chi connectivity index (χ1v) is 8.36. The molecule has 8 nitrogen and oxygen atoms in total. The van der Waals surface area contributed by atoms with Crippen molar-refractivity contribution in [1.82, 2.24) is 30.4 Å². The molecule has 0 atom stereocenters. The van der Waals surface area contributed by atoms with Crippen LogP contribution in [0.3, 0.4) is 0 Å². The molecule has 2 aromatic rings. The van der Waals surface area contributed by atoms with E-state index in [2.05, 4.69) is 30.9 Å². The van der Waals surface area contributed by atoms with Crippen molar-refractivity contribution in [3.8, 4) is 0 Å². The molecule has 2 heterocycles. The topological polar surface area (TPSA) is 94.6 Å². The average Bonchev–Trinajstić information content (AvgIpc) is 3.15. The third kappa shape index (κ3) is 4.27. The van der Waals surface area contributed by atoms with Gasteiger partial charge in [0.2, 0.25) is 5.89 Å². The Morgan fingerprint density at radius 3 is 2.61 bits per heavy atom. The third-order valence-electron chi connectivity index (χ3n) is 4.11. The van der Waals surface area contributed by atoms with Crippen molar-refractivity contribution in [2.24, 2.45) is 5.92 Å². The quantitative estimate of drug-likeness (QED) is 0.904. The van der Waals surface area contributed by atoms with Crippen molar-refractivity contribution in [2.45, 2.75) is 71.4 Å². The minimum atomic E-state index is -0.178. The molecule has 1 N–H and O–H groups in total. The monoisotopic (exact) mass is 319 g/mol. The molecule has 1 saturated carbocycles. The van der Waals surface area contributed by atoms with Crippen LogP contribution in [-0.2, 0) is 18.5 Å². The fraction of sp³-hybridized carbons (Fsp3) is 0.800. The van der Waals surface area contributed by atoms with Crippen LogP contribution >= 0.6 is 0 Å². The number of hydrogen-bond donors (Lipinski definition) is 1. The molecule has 0 unspecified atom stereocenters. The Morgan fingerprint density at radius 1 is 1.13 bits per heavy atom.